The van der Waals surface area contributed by atoms with E-state index in [0.717, 1.165) is 49.9 Å². The van der Waals surface area contributed by atoms with Crippen molar-refractivity contribution in [2.24, 2.45) is 0 Å². The van der Waals surface area contributed by atoms with Gasteiger partial charge in [-0.2, -0.15) is 5.10 Å². The monoisotopic (exact) mass is 435 g/mol. The Morgan fingerprint density at radius 2 is 2.06 bits per heavy atom. The topological polar surface area (TPSA) is 81.5 Å². The van der Waals surface area contributed by atoms with Crippen LogP contribution in [0, 0.1) is 0 Å². The Kier molecular flexibility index (Phi) is 7.47. The van der Waals surface area contributed by atoms with Gasteiger partial charge in [-0.05, 0) is 36.2 Å². The van der Waals surface area contributed by atoms with Gasteiger partial charge >= 0.3 is 0 Å². The molecule has 168 valence electrons. The van der Waals surface area contributed by atoms with Crippen LogP contribution in [-0.4, -0.2) is 65.0 Å². The van der Waals surface area contributed by atoms with E-state index in [0.29, 0.717) is 31.0 Å². The number of aromatic nitrogens is 3. The second-order valence-corrected chi connectivity index (χ2v) is 7.59. The summed E-state index contributed by atoms with van der Waals surface area (Å²) in [7, 11) is 0. The summed E-state index contributed by atoms with van der Waals surface area (Å²) in [4.78, 5) is 19.5. The maximum atomic E-state index is 12.8. The molecule has 3 heterocycles. The Bertz CT molecular complexity index is 1020. The van der Waals surface area contributed by atoms with E-state index in [9.17, 15) is 4.79 Å². The number of benzene rings is 1. The molecule has 0 atom stereocenters. The molecule has 0 spiro atoms. The van der Waals surface area contributed by atoms with Crippen LogP contribution in [0.2, 0.25) is 0 Å². The molecule has 3 aromatic rings. The average Bonchev–Trinajstić information content (AvgIpc) is 3.28. The van der Waals surface area contributed by atoms with E-state index in [1.54, 1.807) is 17.1 Å². The summed E-state index contributed by atoms with van der Waals surface area (Å²) in [6.45, 7) is 7.40. The zero-order valence-electron chi connectivity index (χ0n) is 18.4. The molecule has 0 radical (unpaired) electrons. The number of rotatable bonds is 9. The van der Waals surface area contributed by atoms with Gasteiger partial charge in [0.2, 0.25) is 0 Å². The van der Waals surface area contributed by atoms with Gasteiger partial charge in [-0.3, -0.25) is 9.69 Å². The molecule has 1 aliphatic rings. The van der Waals surface area contributed by atoms with Crippen LogP contribution in [0.5, 0.6) is 5.75 Å². The average molecular weight is 436 g/mol. The minimum atomic E-state index is -0.150. The van der Waals surface area contributed by atoms with Crippen LogP contribution in [0.1, 0.15) is 28.5 Å². The number of ether oxygens (including phenoxy) is 2. The highest BCUT2D eigenvalue weighted by molar-refractivity contribution is 5.95. The lowest BCUT2D eigenvalue weighted by Crippen LogP contribution is -2.38. The summed E-state index contributed by atoms with van der Waals surface area (Å²) in [5.74, 6) is 1.36. The van der Waals surface area contributed by atoms with Crippen molar-refractivity contribution in [3.05, 3.63) is 71.7 Å². The standard InChI is InChI=1S/C24H29N5O3/c1-2-22-21(18-27-29(22)23-8-3-4-9-25-23)24(30)26-17-19-6-5-7-20(16-19)32-15-12-28-10-13-31-14-11-28/h3-9,16,18H,2,10-15,17H2,1H3,(H,26,30). The van der Waals surface area contributed by atoms with E-state index in [1.165, 1.54) is 0 Å². The maximum absolute atomic E-state index is 12.8. The molecule has 8 heteroatoms. The van der Waals surface area contributed by atoms with Crippen molar-refractivity contribution in [2.75, 3.05) is 39.5 Å². The van der Waals surface area contributed by atoms with Gasteiger partial charge in [0.05, 0.1) is 30.7 Å². The summed E-state index contributed by atoms with van der Waals surface area (Å²) in [6, 6.07) is 13.5. The van der Waals surface area contributed by atoms with Crippen molar-refractivity contribution in [3.63, 3.8) is 0 Å². The fraction of sp³-hybridized carbons (Fsp3) is 0.375. The lowest BCUT2D eigenvalue weighted by molar-refractivity contribution is 0.0322. The number of carbonyl (C=O) groups excluding carboxylic acids is 1. The summed E-state index contributed by atoms with van der Waals surface area (Å²) >= 11 is 0. The third kappa shape index (κ3) is 5.52. The van der Waals surface area contributed by atoms with Crippen LogP contribution in [0.3, 0.4) is 0 Å². The number of hydrogen-bond acceptors (Lipinski definition) is 6. The van der Waals surface area contributed by atoms with E-state index >= 15 is 0 Å². The number of nitrogens with zero attached hydrogens (tertiary/aromatic N) is 4. The number of carbonyl (C=O) groups is 1. The van der Waals surface area contributed by atoms with Crippen LogP contribution in [0.4, 0.5) is 0 Å². The van der Waals surface area contributed by atoms with Crippen LogP contribution >= 0.6 is 0 Å². The van der Waals surface area contributed by atoms with E-state index in [4.69, 9.17) is 9.47 Å². The van der Waals surface area contributed by atoms with E-state index in [1.807, 2.05) is 49.4 Å². The first-order valence-electron chi connectivity index (χ1n) is 11.0. The van der Waals surface area contributed by atoms with Crippen molar-refractivity contribution in [2.45, 2.75) is 19.9 Å². The zero-order chi connectivity index (χ0) is 22.2. The van der Waals surface area contributed by atoms with Gasteiger partial charge in [0.1, 0.15) is 12.4 Å². The van der Waals surface area contributed by atoms with Crippen LogP contribution in [-0.2, 0) is 17.7 Å². The molecular weight excluding hydrogens is 406 g/mol. The van der Waals surface area contributed by atoms with Crippen molar-refractivity contribution >= 4 is 5.91 Å². The van der Waals surface area contributed by atoms with Gasteiger partial charge in [-0.25, -0.2) is 9.67 Å². The van der Waals surface area contributed by atoms with Gasteiger partial charge in [0, 0.05) is 32.4 Å². The van der Waals surface area contributed by atoms with E-state index < -0.39 is 0 Å². The fourth-order valence-corrected chi connectivity index (χ4v) is 3.72. The van der Waals surface area contributed by atoms with E-state index in [-0.39, 0.29) is 5.91 Å². The quantitative estimate of drug-likeness (QED) is 0.556. The SMILES string of the molecule is CCc1c(C(=O)NCc2cccc(OCCN3CCOCC3)c2)cnn1-c1ccccn1. The summed E-state index contributed by atoms with van der Waals surface area (Å²) in [5.41, 5.74) is 2.38. The Hall–Kier alpha value is -3.23. The summed E-state index contributed by atoms with van der Waals surface area (Å²) < 4.78 is 13.0. The first-order chi connectivity index (χ1) is 15.7. The van der Waals surface area contributed by atoms with Gasteiger partial charge < -0.3 is 14.8 Å². The molecule has 1 aromatic carbocycles. The molecule has 2 aromatic heterocycles. The second-order valence-electron chi connectivity index (χ2n) is 7.59. The first kappa shape index (κ1) is 22.0. The smallest absolute Gasteiger partial charge is 0.255 e. The zero-order valence-corrected chi connectivity index (χ0v) is 18.4. The van der Waals surface area contributed by atoms with Gasteiger partial charge in [-0.1, -0.05) is 25.1 Å². The largest absolute Gasteiger partial charge is 0.492 e. The summed E-state index contributed by atoms with van der Waals surface area (Å²) in [6.07, 6.45) is 3.99. The molecule has 4 rings (SSSR count). The first-order valence-corrected chi connectivity index (χ1v) is 11.0. The molecule has 0 bridgehead atoms. The molecule has 1 amide bonds. The van der Waals surface area contributed by atoms with Gasteiger partial charge in [0.15, 0.2) is 5.82 Å². The lowest BCUT2D eigenvalue weighted by Gasteiger charge is -2.26. The predicted molar refractivity (Wildman–Crippen MR) is 121 cm³/mol. The molecule has 1 fully saturated rings. The highest BCUT2D eigenvalue weighted by Gasteiger charge is 2.17. The third-order valence-electron chi connectivity index (χ3n) is 5.45. The molecule has 0 unspecified atom stereocenters. The molecule has 1 N–H and O–H groups in total. The second kappa shape index (κ2) is 10.9. The Labute approximate surface area is 188 Å². The predicted octanol–water partition coefficient (Wildman–Crippen LogP) is 2.47. The lowest BCUT2D eigenvalue weighted by atomic mass is 10.1. The Morgan fingerprint density at radius 3 is 2.84 bits per heavy atom. The number of morpholine rings is 1. The van der Waals surface area contributed by atoms with Gasteiger partial charge in [0.25, 0.3) is 5.91 Å². The van der Waals surface area contributed by atoms with Crippen molar-refractivity contribution < 1.29 is 14.3 Å². The minimum Gasteiger partial charge on any atom is -0.492 e. The molecular formula is C24H29N5O3. The summed E-state index contributed by atoms with van der Waals surface area (Å²) in [5, 5.41) is 7.38. The molecule has 1 saturated heterocycles. The van der Waals surface area contributed by atoms with Crippen LogP contribution in [0.15, 0.2) is 54.9 Å². The molecule has 1 aliphatic heterocycles. The fourth-order valence-electron chi connectivity index (χ4n) is 3.72. The molecule has 0 saturated carbocycles. The van der Waals surface area contributed by atoms with Crippen LogP contribution in [0.25, 0.3) is 5.82 Å². The van der Waals surface area contributed by atoms with Crippen molar-refractivity contribution in [1.29, 1.82) is 0 Å². The molecule has 8 nitrogen and oxygen atoms in total. The van der Waals surface area contributed by atoms with Crippen molar-refractivity contribution in [3.8, 4) is 11.6 Å². The number of nitrogens with one attached hydrogen (secondary N) is 1. The van der Waals surface area contributed by atoms with Crippen LogP contribution < -0.4 is 10.1 Å². The number of hydrogen-bond donors (Lipinski definition) is 1. The minimum absolute atomic E-state index is 0.150. The number of amides is 1. The Balaban J connectivity index is 1.33. The Morgan fingerprint density at radius 1 is 1.19 bits per heavy atom. The normalized spacial score (nSPS) is 14.3. The van der Waals surface area contributed by atoms with Gasteiger partial charge in [-0.15, -0.1) is 0 Å². The van der Waals surface area contributed by atoms with E-state index in [2.05, 4.69) is 20.3 Å². The maximum Gasteiger partial charge on any atom is 0.255 e. The molecule has 0 aliphatic carbocycles. The molecule has 32 heavy (non-hydrogen) atoms. The highest BCUT2D eigenvalue weighted by Crippen LogP contribution is 2.16. The highest BCUT2D eigenvalue weighted by atomic mass is 16.5. The van der Waals surface area contributed by atoms with Crippen molar-refractivity contribution in [1.82, 2.24) is 25.0 Å². The third-order valence-corrected chi connectivity index (χ3v) is 5.45. The number of pyridine rings is 1.